The molecule has 144 valence electrons. The number of aliphatic hydroxyl groups is 1. The smallest absolute Gasteiger partial charge is 0.216 e. The van der Waals surface area contributed by atoms with Gasteiger partial charge < -0.3 is 9.67 Å². The average Bonchev–Trinajstić information content (AvgIpc) is 3.03. The summed E-state index contributed by atoms with van der Waals surface area (Å²) in [5.41, 5.74) is 1.32. The van der Waals surface area contributed by atoms with E-state index in [2.05, 4.69) is 0 Å². The zero-order chi connectivity index (χ0) is 19.3. The average molecular weight is 394 g/mol. The third-order valence-corrected chi connectivity index (χ3v) is 7.55. The normalized spacial score (nSPS) is 21.3. The summed E-state index contributed by atoms with van der Waals surface area (Å²) < 4.78 is 55.0. The molecular formula is C19H20F2N2O3S. The molecule has 1 fully saturated rings. The van der Waals surface area contributed by atoms with Gasteiger partial charge in [0.25, 0.3) is 0 Å². The maximum Gasteiger partial charge on any atom is 0.216 e. The molecule has 1 aromatic heterocycles. The summed E-state index contributed by atoms with van der Waals surface area (Å²) in [6.45, 7) is 2.18. The number of fused-ring (bicyclic) bond motifs is 3. The van der Waals surface area contributed by atoms with E-state index in [9.17, 15) is 22.3 Å². The van der Waals surface area contributed by atoms with Crippen molar-refractivity contribution in [3.63, 3.8) is 0 Å². The van der Waals surface area contributed by atoms with Gasteiger partial charge in [-0.2, -0.15) is 4.31 Å². The maximum atomic E-state index is 13.7. The minimum atomic E-state index is -3.37. The number of aliphatic hydroxyl groups excluding tert-OH is 1. The second-order valence-electron chi connectivity index (χ2n) is 7.09. The second kappa shape index (κ2) is 6.54. The fourth-order valence-corrected chi connectivity index (χ4v) is 5.45. The summed E-state index contributed by atoms with van der Waals surface area (Å²) in [5.74, 6) is -0.855. The highest BCUT2D eigenvalue weighted by Crippen LogP contribution is 2.31. The van der Waals surface area contributed by atoms with Gasteiger partial charge in [-0.15, -0.1) is 0 Å². The lowest BCUT2D eigenvalue weighted by atomic mass is 10.1. The van der Waals surface area contributed by atoms with Crippen molar-refractivity contribution in [3.8, 4) is 0 Å². The van der Waals surface area contributed by atoms with Gasteiger partial charge in [0.05, 0.1) is 17.9 Å². The lowest BCUT2D eigenvalue weighted by Crippen LogP contribution is -2.37. The van der Waals surface area contributed by atoms with Gasteiger partial charge in [0.2, 0.25) is 10.0 Å². The van der Waals surface area contributed by atoms with Crippen molar-refractivity contribution in [2.24, 2.45) is 0 Å². The van der Waals surface area contributed by atoms with Gasteiger partial charge in [-0.05, 0) is 49.7 Å². The molecule has 0 radical (unpaired) electrons. The number of rotatable bonds is 4. The zero-order valence-electron chi connectivity index (χ0n) is 14.8. The first-order chi connectivity index (χ1) is 12.8. The predicted octanol–water partition coefficient (Wildman–Crippen LogP) is 2.86. The first kappa shape index (κ1) is 18.3. The van der Waals surface area contributed by atoms with Crippen LogP contribution >= 0.6 is 0 Å². The molecule has 0 amide bonds. The lowest BCUT2D eigenvalue weighted by Gasteiger charge is -2.20. The van der Waals surface area contributed by atoms with Gasteiger partial charge in [-0.1, -0.05) is 0 Å². The van der Waals surface area contributed by atoms with Crippen LogP contribution < -0.4 is 0 Å². The number of hydrogen-bond donors (Lipinski definition) is 1. The van der Waals surface area contributed by atoms with Crippen molar-refractivity contribution in [2.45, 2.75) is 31.2 Å². The number of nitrogens with zero attached hydrogens (tertiary/aromatic N) is 2. The minimum absolute atomic E-state index is 0.00374. The number of aromatic nitrogens is 1. The molecule has 1 saturated heterocycles. The summed E-state index contributed by atoms with van der Waals surface area (Å²) in [6, 6.07) is 8.48. The molecule has 0 saturated carbocycles. The Morgan fingerprint density at radius 2 is 1.63 bits per heavy atom. The van der Waals surface area contributed by atoms with Crippen LogP contribution in [0.2, 0.25) is 0 Å². The fourth-order valence-electron chi connectivity index (χ4n) is 3.80. The highest BCUT2D eigenvalue weighted by atomic mass is 32.2. The van der Waals surface area contributed by atoms with E-state index in [4.69, 9.17) is 0 Å². The predicted molar refractivity (Wildman–Crippen MR) is 99.9 cm³/mol. The topological polar surface area (TPSA) is 62.5 Å². The summed E-state index contributed by atoms with van der Waals surface area (Å²) in [5, 5.41) is 11.2. The van der Waals surface area contributed by atoms with Gasteiger partial charge in [-0.25, -0.2) is 17.2 Å². The SMILES string of the molecule is CC1CCN(CC(O)Cn2c3ccc(F)cc3c3cc(F)ccc32)S1(=O)=O. The Morgan fingerprint density at radius 3 is 2.11 bits per heavy atom. The second-order valence-corrected chi connectivity index (χ2v) is 9.44. The summed E-state index contributed by atoms with van der Waals surface area (Å²) in [4.78, 5) is 0. The molecule has 1 aliphatic rings. The van der Waals surface area contributed by atoms with Crippen LogP contribution in [0.1, 0.15) is 13.3 Å². The van der Waals surface area contributed by atoms with Crippen molar-refractivity contribution in [1.29, 1.82) is 0 Å². The Hall–Kier alpha value is -2.03. The van der Waals surface area contributed by atoms with E-state index in [-0.39, 0.29) is 13.1 Å². The molecule has 1 N–H and O–H groups in total. The molecule has 0 bridgehead atoms. The highest BCUT2D eigenvalue weighted by Gasteiger charge is 2.36. The van der Waals surface area contributed by atoms with Gasteiger partial charge in [0.15, 0.2) is 0 Å². The van der Waals surface area contributed by atoms with Gasteiger partial charge in [0.1, 0.15) is 11.6 Å². The van der Waals surface area contributed by atoms with Crippen LogP contribution in [0.4, 0.5) is 8.78 Å². The summed E-state index contributed by atoms with van der Waals surface area (Å²) in [7, 11) is -3.37. The molecular weight excluding hydrogens is 374 g/mol. The standard InChI is InChI=1S/C19H20F2N2O3S/c1-12-6-7-22(27(12,25)26)10-15(24)11-23-18-4-2-13(20)8-16(18)17-9-14(21)3-5-19(17)23/h2-5,8-9,12,15,24H,6-7,10-11H2,1H3. The van der Waals surface area contributed by atoms with Crippen LogP contribution in [0, 0.1) is 11.6 Å². The quantitative estimate of drug-likeness (QED) is 0.740. The van der Waals surface area contributed by atoms with E-state index in [1.807, 2.05) is 0 Å². The van der Waals surface area contributed by atoms with E-state index in [1.54, 1.807) is 23.6 Å². The van der Waals surface area contributed by atoms with Crippen LogP contribution in [0.3, 0.4) is 0 Å². The van der Waals surface area contributed by atoms with Crippen molar-refractivity contribution >= 4 is 31.8 Å². The number of hydrogen-bond acceptors (Lipinski definition) is 3. The Morgan fingerprint density at radius 1 is 1.07 bits per heavy atom. The summed E-state index contributed by atoms with van der Waals surface area (Å²) in [6.07, 6.45) is -0.401. The largest absolute Gasteiger partial charge is 0.390 e. The summed E-state index contributed by atoms with van der Waals surface area (Å²) >= 11 is 0. The third-order valence-electron chi connectivity index (χ3n) is 5.25. The highest BCUT2D eigenvalue weighted by molar-refractivity contribution is 7.89. The Bertz CT molecular complexity index is 1070. The number of benzene rings is 2. The van der Waals surface area contributed by atoms with Crippen molar-refractivity contribution < 1.29 is 22.3 Å². The molecule has 3 aromatic rings. The molecule has 27 heavy (non-hydrogen) atoms. The molecule has 0 spiro atoms. The molecule has 2 aromatic carbocycles. The molecule has 8 heteroatoms. The van der Waals surface area contributed by atoms with Gasteiger partial charge >= 0.3 is 0 Å². The molecule has 2 heterocycles. The van der Waals surface area contributed by atoms with Crippen molar-refractivity contribution in [1.82, 2.24) is 8.87 Å². The van der Waals surface area contributed by atoms with E-state index in [1.165, 1.54) is 28.6 Å². The van der Waals surface area contributed by atoms with Crippen LogP contribution in [0.25, 0.3) is 21.8 Å². The van der Waals surface area contributed by atoms with Crippen LogP contribution in [0.5, 0.6) is 0 Å². The van der Waals surface area contributed by atoms with E-state index in [0.29, 0.717) is 34.8 Å². The van der Waals surface area contributed by atoms with Crippen molar-refractivity contribution in [3.05, 3.63) is 48.0 Å². The Balaban J connectivity index is 1.71. The van der Waals surface area contributed by atoms with Gasteiger partial charge in [0, 0.05) is 34.9 Å². The monoisotopic (exact) mass is 394 g/mol. The minimum Gasteiger partial charge on any atom is -0.390 e. The maximum absolute atomic E-state index is 13.7. The Labute approximate surface area is 155 Å². The lowest BCUT2D eigenvalue weighted by molar-refractivity contribution is 0.133. The number of sulfonamides is 1. The molecule has 1 aliphatic heterocycles. The first-order valence-electron chi connectivity index (χ1n) is 8.81. The third kappa shape index (κ3) is 3.11. The van der Waals surface area contributed by atoms with Crippen LogP contribution in [0.15, 0.2) is 36.4 Å². The molecule has 2 atom stereocenters. The van der Waals surface area contributed by atoms with Gasteiger partial charge in [-0.3, -0.25) is 0 Å². The first-order valence-corrected chi connectivity index (χ1v) is 10.3. The molecule has 5 nitrogen and oxygen atoms in total. The van der Waals surface area contributed by atoms with Crippen molar-refractivity contribution in [2.75, 3.05) is 13.1 Å². The Kier molecular flexibility index (Phi) is 4.44. The molecule has 4 rings (SSSR count). The van der Waals surface area contributed by atoms with E-state index < -0.39 is 33.0 Å². The number of halogens is 2. The fraction of sp³-hybridized carbons (Fsp3) is 0.368. The zero-order valence-corrected chi connectivity index (χ0v) is 15.6. The van der Waals surface area contributed by atoms with E-state index in [0.717, 1.165) is 0 Å². The van der Waals surface area contributed by atoms with Crippen LogP contribution in [-0.2, 0) is 16.6 Å². The number of β-amino-alcohol motifs (C(OH)–C–C–N with tert-alkyl or cyclic N) is 1. The van der Waals surface area contributed by atoms with Crippen LogP contribution in [-0.4, -0.2) is 46.8 Å². The molecule has 2 unspecified atom stereocenters. The molecule has 0 aliphatic carbocycles. The van der Waals surface area contributed by atoms with E-state index >= 15 is 0 Å².